The predicted octanol–water partition coefficient (Wildman–Crippen LogP) is 1.75. The molecule has 6 nitrogen and oxygen atoms in total. The number of rotatable bonds is 5. The molecule has 25 heavy (non-hydrogen) atoms. The van der Waals surface area contributed by atoms with E-state index in [9.17, 15) is 18.8 Å². The number of hydrogen-bond donors (Lipinski definition) is 1. The number of carbonyl (C=O) groups is 3. The topological polar surface area (TPSA) is 75.7 Å². The summed E-state index contributed by atoms with van der Waals surface area (Å²) in [5.41, 5.74) is 0.424. The average Bonchev–Trinajstić information content (AvgIpc) is 2.59. The van der Waals surface area contributed by atoms with E-state index in [4.69, 9.17) is 4.74 Å². The van der Waals surface area contributed by atoms with E-state index in [2.05, 4.69) is 5.32 Å². The quantitative estimate of drug-likeness (QED) is 0.821. The summed E-state index contributed by atoms with van der Waals surface area (Å²) >= 11 is 0. The van der Waals surface area contributed by atoms with Crippen molar-refractivity contribution in [3.63, 3.8) is 0 Å². The van der Waals surface area contributed by atoms with E-state index in [1.165, 1.54) is 24.3 Å². The lowest BCUT2D eigenvalue weighted by atomic mass is 9.96. The smallest absolute Gasteiger partial charge is 0.309 e. The highest BCUT2D eigenvalue weighted by Gasteiger charge is 2.29. The minimum Gasteiger partial charge on any atom is -0.455 e. The van der Waals surface area contributed by atoms with E-state index in [-0.39, 0.29) is 36.2 Å². The van der Waals surface area contributed by atoms with E-state index in [0.717, 1.165) is 0 Å². The predicted molar refractivity (Wildman–Crippen MR) is 89.3 cm³/mol. The van der Waals surface area contributed by atoms with Crippen LogP contribution in [0.3, 0.4) is 0 Å². The fourth-order valence-electron chi connectivity index (χ4n) is 2.71. The van der Waals surface area contributed by atoms with Crippen LogP contribution in [0.4, 0.5) is 4.39 Å². The van der Waals surface area contributed by atoms with Gasteiger partial charge in [-0.2, -0.15) is 0 Å². The van der Waals surface area contributed by atoms with Crippen molar-refractivity contribution in [3.8, 4) is 0 Å². The Hall–Kier alpha value is -2.44. The van der Waals surface area contributed by atoms with Gasteiger partial charge in [0.05, 0.1) is 5.92 Å². The number of carbonyl (C=O) groups excluding carboxylic acids is 3. The van der Waals surface area contributed by atoms with Crippen LogP contribution >= 0.6 is 0 Å². The molecule has 1 saturated heterocycles. The molecule has 1 N–H and O–H groups in total. The molecule has 0 unspecified atom stereocenters. The van der Waals surface area contributed by atoms with Crippen molar-refractivity contribution in [2.75, 3.05) is 19.7 Å². The number of ether oxygens (including phenoxy) is 1. The molecule has 1 fully saturated rings. The van der Waals surface area contributed by atoms with Gasteiger partial charge in [0.15, 0.2) is 6.61 Å². The van der Waals surface area contributed by atoms with E-state index >= 15 is 0 Å². The summed E-state index contributed by atoms with van der Waals surface area (Å²) in [6, 6.07) is 5.39. The van der Waals surface area contributed by atoms with Crippen LogP contribution in [0.1, 0.15) is 37.0 Å². The largest absolute Gasteiger partial charge is 0.455 e. The number of nitrogens with zero attached hydrogens (tertiary/aromatic N) is 1. The van der Waals surface area contributed by atoms with Crippen LogP contribution in [0.5, 0.6) is 0 Å². The Morgan fingerprint density at radius 3 is 2.36 bits per heavy atom. The molecule has 2 rings (SSSR count). The zero-order chi connectivity index (χ0) is 18.4. The van der Waals surface area contributed by atoms with E-state index in [1.807, 2.05) is 13.8 Å². The van der Waals surface area contributed by atoms with Crippen LogP contribution < -0.4 is 5.32 Å². The van der Waals surface area contributed by atoms with Crippen molar-refractivity contribution < 1.29 is 23.5 Å². The zero-order valence-corrected chi connectivity index (χ0v) is 14.5. The molecule has 0 saturated carbocycles. The standard InChI is InChI=1S/C18H23FN2O4/c1-12(2)20-16(22)11-25-18(24)14-7-9-21(10-8-14)17(23)13-3-5-15(19)6-4-13/h3-6,12,14H,7-11H2,1-2H3,(H,20,22). The average molecular weight is 350 g/mol. The third kappa shape index (κ3) is 5.55. The van der Waals surface area contributed by atoms with Crippen molar-refractivity contribution in [2.45, 2.75) is 32.7 Å². The molecule has 0 radical (unpaired) electrons. The first-order chi connectivity index (χ1) is 11.9. The minimum atomic E-state index is -0.409. The monoisotopic (exact) mass is 350 g/mol. The van der Waals surface area contributed by atoms with E-state index < -0.39 is 5.97 Å². The highest BCUT2D eigenvalue weighted by molar-refractivity contribution is 5.94. The molecule has 0 atom stereocenters. The molecule has 136 valence electrons. The van der Waals surface area contributed by atoms with Gasteiger partial charge in [0.25, 0.3) is 11.8 Å². The maximum Gasteiger partial charge on any atom is 0.309 e. The van der Waals surface area contributed by atoms with Crippen molar-refractivity contribution in [2.24, 2.45) is 5.92 Å². The molecule has 7 heteroatoms. The number of nitrogens with one attached hydrogen (secondary N) is 1. The highest BCUT2D eigenvalue weighted by atomic mass is 19.1. The number of amides is 2. The number of benzene rings is 1. The van der Waals surface area contributed by atoms with Gasteiger partial charge in [-0.3, -0.25) is 14.4 Å². The van der Waals surface area contributed by atoms with E-state index in [1.54, 1.807) is 4.90 Å². The van der Waals surface area contributed by atoms with Crippen LogP contribution in [0, 0.1) is 11.7 Å². The Kier molecular flexibility index (Phi) is 6.50. The fourth-order valence-corrected chi connectivity index (χ4v) is 2.71. The fraction of sp³-hybridized carbons (Fsp3) is 0.500. The van der Waals surface area contributed by atoms with Gasteiger partial charge in [-0.15, -0.1) is 0 Å². The molecule has 1 aromatic carbocycles. The molecule has 0 aromatic heterocycles. The Morgan fingerprint density at radius 1 is 1.20 bits per heavy atom. The van der Waals surface area contributed by atoms with Gasteiger partial charge in [0.2, 0.25) is 0 Å². The molecule has 1 aliphatic heterocycles. The molecule has 0 bridgehead atoms. The first-order valence-electron chi connectivity index (χ1n) is 8.37. The Balaban J connectivity index is 1.78. The molecule has 1 aromatic rings. The summed E-state index contributed by atoms with van der Waals surface area (Å²) < 4.78 is 18.0. The first kappa shape index (κ1) is 18.9. The van der Waals surface area contributed by atoms with Gasteiger partial charge in [0, 0.05) is 24.7 Å². The van der Waals surface area contributed by atoms with E-state index in [0.29, 0.717) is 31.5 Å². The summed E-state index contributed by atoms with van der Waals surface area (Å²) in [6.45, 7) is 4.22. The van der Waals surface area contributed by atoms with Crippen LogP contribution in [-0.2, 0) is 14.3 Å². The number of likely N-dealkylation sites (tertiary alicyclic amines) is 1. The summed E-state index contributed by atoms with van der Waals surface area (Å²) in [5.74, 6) is -1.62. The lowest BCUT2D eigenvalue weighted by Gasteiger charge is -2.31. The molecule has 0 aliphatic carbocycles. The molecular formula is C18H23FN2O4. The van der Waals surface area contributed by atoms with Gasteiger partial charge in [-0.25, -0.2) is 4.39 Å². The van der Waals surface area contributed by atoms with Crippen molar-refractivity contribution >= 4 is 17.8 Å². The number of hydrogen-bond acceptors (Lipinski definition) is 4. The van der Waals surface area contributed by atoms with Crippen molar-refractivity contribution in [1.29, 1.82) is 0 Å². The highest BCUT2D eigenvalue weighted by Crippen LogP contribution is 2.20. The summed E-state index contributed by atoms with van der Waals surface area (Å²) in [5, 5.41) is 2.65. The molecule has 1 heterocycles. The maximum absolute atomic E-state index is 12.9. The zero-order valence-electron chi connectivity index (χ0n) is 14.5. The first-order valence-corrected chi connectivity index (χ1v) is 8.37. The normalized spacial score (nSPS) is 15.1. The summed E-state index contributed by atoms with van der Waals surface area (Å²) in [4.78, 5) is 37.5. The molecule has 2 amide bonds. The van der Waals surface area contributed by atoms with Crippen LogP contribution in [-0.4, -0.2) is 48.4 Å². The van der Waals surface area contributed by atoms with Gasteiger partial charge in [0.1, 0.15) is 5.82 Å². The number of esters is 1. The van der Waals surface area contributed by atoms with Gasteiger partial charge < -0.3 is 15.0 Å². The molecular weight excluding hydrogens is 327 g/mol. The van der Waals surface area contributed by atoms with Crippen LogP contribution in [0.15, 0.2) is 24.3 Å². The number of halogens is 1. The number of piperidine rings is 1. The second-order valence-electron chi connectivity index (χ2n) is 6.40. The van der Waals surface area contributed by atoms with Crippen molar-refractivity contribution in [1.82, 2.24) is 10.2 Å². The third-order valence-corrected chi connectivity index (χ3v) is 4.00. The third-order valence-electron chi connectivity index (χ3n) is 4.00. The summed E-state index contributed by atoms with van der Waals surface area (Å²) in [7, 11) is 0. The van der Waals surface area contributed by atoms with Crippen LogP contribution in [0.25, 0.3) is 0 Å². The Labute approximate surface area is 146 Å². The Bertz CT molecular complexity index is 622. The summed E-state index contributed by atoms with van der Waals surface area (Å²) in [6.07, 6.45) is 0.967. The van der Waals surface area contributed by atoms with Gasteiger partial charge in [-0.1, -0.05) is 0 Å². The lowest BCUT2D eigenvalue weighted by molar-refractivity contribution is -0.154. The minimum absolute atomic E-state index is 0.00749. The molecule has 1 aliphatic rings. The van der Waals surface area contributed by atoms with Crippen molar-refractivity contribution in [3.05, 3.63) is 35.6 Å². The molecule has 0 spiro atoms. The van der Waals surface area contributed by atoms with Gasteiger partial charge >= 0.3 is 5.97 Å². The second-order valence-corrected chi connectivity index (χ2v) is 6.40. The van der Waals surface area contributed by atoms with Crippen LogP contribution in [0.2, 0.25) is 0 Å². The lowest BCUT2D eigenvalue weighted by Crippen LogP contribution is -2.41. The second kappa shape index (κ2) is 8.60. The Morgan fingerprint density at radius 2 is 1.80 bits per heavy atom. The SMILES string of the molecule is CC(C)NC(=O)COC(=O)C1CCN(C(=O)c2ccc(F)cc2)CC1. The van der Waals surface area contributed by atoms with Gasteiger partial charge in [-0.05, 0) is 51.0 Å². The maximum atomic E-state index is 12.9.